The number of para-hydroxylation sites is 1. The molecule has 2 atom stereocenters. The molecule has 1 fully saturated rings. The Hall–Kier alpha value is -2.49. The Kier molecular flexibility index (Phi) is 4.51. The van der Waals surface area contributed by atoms with Crippen LogP contribution in [-0.2, 0) is 6.61 Å². The molecule has 120 valence electrons. The molecule has 1 saturated heterocycles. The Morgan fingerprint density at radius 3 is 2.57 bits per heavy atom. The minimum Gasteiger partial charge on any atom is -0.489 e. The van der Waals surface area contributed by atoms with Gasteiger partial charge in [0.05, 0.1) is 6.04 Å². The second kappa shape index (κ2) is 6.73. The van der Waals surface area contributed by atoms with E-state index in [0.29, 0.717) is 6.61 Å². The summed E-state index contributed by atoms with van der Waals surface area (Å²) in [6.45, 7) is 2.55. The number of amides is 2. The summed E-state index contributed by atoms with van der Waals surface area (Å²) >= 11 is 0. The van der Waals surface area contributed by atoms with E-state index in [1.165, 1.54) is 0 Å². The standard InChI is InChI=1S/C19H22N2O2/c1-14-11-12-17(21(14)19(20)22)16-9-5-6-10-18(16)23-13-15-7-3-2-4-8-15/h2-10,14,17H,11-13H2,1H3,(H2,20,22)/t14?,17-/m1/s1. The van der Waals surface area contributed by atoms with Gasteiger partial charge in [0.2, 0.25) is 0 Å². The first kappa shape index (κ1) is 15.4. The summed E-state index contributed by atoms with van der Waals surface area (Å²) in [5.74, 6) is 0.821. The Morgan fingerprint density at radius 1 is 1.13 bits per heavy atom. The monoisotopic (exact) mass is 310 g/mol. The third-order valence-corrected chi connectivity index (χ3v) is 4.44. The molecule has 0 bridgehead atoms. The number of rotatable bonds is 4. The average molecular weight is 310 g/mol. The van der Waals surface area contributed by atoms with Crippen LogP contribution < -0.4 is 10.5 Å². The highest BCUT2D eigenvalue weighted by molar-refractivity contribution is 5.73. The molecule has 4 nitrogen and oxygen atoms in total. The molecule has 1 unspecified atom stereocenters. The predicted molar refractivity (Wildman–Crippen MR) is 90.1 cm³/mol. The second-order valence-corrected chi connectivity index (χ2v) is 6.00. The highest BCUT2D eigenvalue weighted by Crippen LogP contribution is 2.39. The van der Waals surface area contributed by atoms with Crippen molar-refractivity contribution in [3.63, 3.8) is 0 Å². The van der Waals surface area contributed by atoms with Crippen molar-refractivity contribution in [2.45, 2.75) is 38.5 Å². The molecule has 0 spiro atoms. The first-order valence-corrected chi connectivity index (χ1v) is 8.00. The summed E-state index contributed by atoms with van der Waals surface area (Å²) in [7, 11) is 0. The van der Waals surface area contributed by atoms with E-state index in [9.17, 15) is 4.79 Å². The van der Waals surface area contributed by atoms with Gasteiger partial charge in [-0.3, -0.25) is 0 Å². The number of benzene rings is 2. The van der Waals surface area contributed by atoms with E-state index in [2.05, 4.69) is 0 Å². The molecule has 1 aliphatic rings. The van der Waals surface area contributed by atoms with Crippen molar-refractivity contribution in [2.24, 2.45) is 5.73 Å². The summed E-state index contributed by atoms with van der Waals surface area (Å²) in [6.07, 6.45) is 1.87. The fourth-order valence-corrected chi connectivity index (χ4v) is 3.28. The molecular weight excluding hydrogens is 288 g/mol. The van der Waals surface area contributed by atoms with E-state index in [0.717, 1.165) is 29.7 Å². The third-order valence-electron chi connectivity index (χ3n) is 4.44. The van der Waals surface area contributed by atoms with E-state index in [4.69, 9.17) is 10.5 Å². The number of primary amides is 1. The number of carbonyl (C=O) groups excluding carboxylic acids is 1. The molecule has 2 aromatic rings. The maximum atomic E-state index is 11.8. The van der Waals surface area contributed by atoms with Crippen LogP contribution in [-0.4, -0.2) is 17.0 Å². The number of hydrogen-bond donors (Lipinski definition) is 1. The zero-order valence-electron chi connectivity index (χ0n) is 13.3. The largest absolute Gasteiger partial charge is 0.489 e. The van der Waals surface area contributed by atoms with Crippen molar-refractivity contribution < 1.29 is 9.53 Å². The molecule has 0 aromatic heterocycles. The van der Waals surface area contributed by atoms with Gasteiger partial charge in [0.1, 0.15) is 12.4 Å². The molecule has 0 aliphatic carbocycles. The average Bonchev–Trinajstić information content (AvgIpc) is 2.96. The molecule has 2 aromatic carbocycles. The minimum absolute atomic E-state index is 0.00512. The first-order chi connectivity index (χ1) is 11.2. The van der Waals surface area contributed by atoms with E-state index in [-0.39, 0.29) is 18.1 Å². The fraction of sp³-hybridized carbons (Fsp3) is 0.316. The Labute approximate surface area is 136 Å². The molecule has 1 aliphatic heterocycles. The topological polar surface area (TPSA) is 55.6 Å². The number of nitrogens with two attached hydrogens (primary N) is 1. The summed E-state index contributed by atoms with van der Waals surface area (Å²) in [4.78, 5) is 13.6. The van der Waals surface area contributed by atoms with E-state index in [1.807, 2.05) is 61.5 Å². The SMILES string of the molecule is CC1CC[C@H](c2ccccc2OCc2ccccc2)N1C(N)=O. The third kappa shape index (κ3) is 3.31. The lowest BCUT2D eigenvalue weighted by molar-refractivity contribution is 0.184. The zero-order chi connectivity index (χ0) is 16.2. The highest BCUT2D eigenvalue weighted by Gasteiger charge is 2.35. The van der Waals surface area contributed by atoms with Crippen molar-refractivity contribution in [3.05, 3.63) is 65.7 Å². The minimum atomic E-state index is -0.363. The van der Waals surface area contributed by atoms with Crippen LogP contribution in [0.15, 0.2) is 54.6 Å². The predicted octanol–water partition coefficient (Wildman–Crippen LogP) is 3.87. The number of nitrogens with zero attached hydrogens (tertiary/aromatic N) is 1. The molecule has 2 amide bonds. The summed E-state index contributed by atoms with van der Waals surface area (Å²) in [6, 6.07) is 17.8. The van der Waals surface area contributed by atoms with Gasteiger partial charge in [-0.2, -0.15) is 0 Å². The van der Waals surface area contributed by atoms with Crippen LogP contribution in [0.1, 0.15) is 36.9 Å². The number of carbonyl (C=O) groups is 1. The molecule has 23 heavy (non-hydrogen) atoms. The van der Waals surface area contributed by atoms with Crippen LogP contribution in [0.2, 0.25) is 0 Å². The van der Waals surface area contributed by atoms with Gasteiger partial charge in [0.15, 0.2) is 0 Å². The maximum absolute atomic E-state index is 11.8. The molecule has 4 heteroatoms. The number of urea groups is 1. The zero-order valence-corrected chi connectivity index (χ0v) is 13.3. The van der Waals surface area contributed by atoms with Gasteiger partial charge in [0.25, 0.3) is 0 Å². The number of ether oxygens (including phenoxy) is 1. The van der Waals surface area contributed by atoms with Crippen molar-refractivity contribution in [1.82, 2.24) is 4.90 Å². The van der Waals surface area contributed by atoms with Crippen molar-refractivity contribution in [1.29, 1.82) is 0 Å². The van der Waals surface area contributed by atoms with Crippen LogP contribution in [0, 0.1) is 0 Å². The summed E-state index contributed by atoms with van der Waals surface area (Å²) < 4.78 is 6.02. The maximum Gasteiger partial charge on any atom is 0.315 e. The van der Waals surface area contributed by atoms with Crippen molar-refractivity contribution in [2.75, 3.05) is 0 Å². The Morgan fingerprint density at radius 2 is 1.83 bits per heavy atom. The highest BCUT2D eigenvalue weighted by atomic mass is 16.5. The van der Waals surface area contributed by atoms with Gasteiger partial charge < -0.3 is 15.4 Å². The van der Waals surface area contributed by atoms with E-state index in [1.54, 1.807) is 4.90 Å². The molecule has 3 rings (SSSR count). The van der Waals surface area contributed by atoms with Crippen LogP contribution in [0.4, 0.5) is 4.79 Å². The molecule has 0 radical (unpaired) electrons. The van der Waals surface area contributed by atoms with Gasteiger partial charge in [-0.25, -0.2) is 4.79 Å². The summed E-state index contributed by atoms with van der Waals surface area (Å²) in [5.41, 5.74) is 7.73. The quantitative estimate of drug-likeness (QED) is 0.932. The molecular formula is C19H22N2O2. The van der Waals surface area contributed by atoms with Gasteiger partial charge in [-0.05, 0) is 31.4 Å². The normalized spacial score (nSPS) is 20.5. The lowest BCUT2D eigenvalue weighted by atomic mass is 10.0. The molecule has 1 heterocycles. The second-order valence-electron chi connectivity index (χ2n) is 6.00. The van der Waals surface area contributed by atoms with Crippen LogP contribution in [0.25, 0.3) is 0 Å². The smallest absolute Gasteiger partial charge is 0.315 e. The molecule has 0 saturated carbocycles. The van der Waals surface area contributed by atoms with Crippen LogP contribution in [0.3, 0.4) is 0 Å². The van der Waals surface area contributed by atoms with Gasteiger partial charge in [-0.15, -0.1) is 0 Å². The lowest BCUT2D eigenvalue weighted by Crippen LogP contribution is -2.39. The van der Waals surface area contributed by atoms with Crippen molar-refractivity contribution in [3.8, 4) is 5.75 Å². The van der Waals surface area contributed by atoms with Crippen LogP contribution >= 0.6 is 0 Å². The van der Waals surface area contributed by atoms with Crippen molar-refractivity contribution >= 4 is 6.03 Å². The molecule has 2 N–H and O–H groups in total. The van der Waals surface area contributed by atoms with Gasteiger partial charge >= 0.3 is 6.03 Å². The van der Waals surface area contributed by atoms with E-state index < -0.39 is 0 Å². The van der Waals surface area contributed by atoms with E-state index >= 15 is 0 Å². The van der Waals surface area contributed by atoms with Crippen LogP contribution in [0.5, 0.6) is 5.75 Å². The van der Waals surface area contributed by atoms with Gasteiger partial charge in [-0.1, -0.05) is 48.5 Å². The number of likely N-dealkylation sites (tertiary alicyclic amines) is 1. The van der Waals surface area contributed by atoms with Gasteiger partial charge in [0, 0.05) is 11.6 Å². The number of hydrogen-bond acceptors (Lipinski definition) is 2. The first-order valence-electron chi connectivity index (χ1n) is 8.00. The fourth-order valence-electron chi connectivity index (χ4n) is 3.28. The lowest BCUT2D eigenvalue weighted by Gasteiger charge is -2.28. The summed E-state index contributed by atoms with van der Waals surface area (Å²) in [5, 5.41) is 0. The Bertz CT molecular complexity index is 672. The Balaban J connectivity index is 1.82.